The quantitative estimate of drug-likeness (QED) is 0.735. The Morgan fingerprint density at radius 2 is 2.14 bits per heavy atom. The summed E-state index contributed by atoms with van der Waals surface area (Å²) in [5.41, 5.74) is 3.94. The van der Waals surface area contributed by atoms with Crippen molar-refractivity contribution in [2.75, 3.05) is 6.54 Å². The van der Waals surface area contributed by atoms with Crippen LogP contribution in [0.3, 0.4) is 0 Å². The first-order valence-corrected chi connectivity index (χ1v) is 5.13. The molecular formula is C12H17NO. The number of hydrogen-bond acceptors (Lipinski definition) is 2. The van der Waals surface area contributed by atoms with Crippen LogP contribution in [-0.2, 0) is 4.74 Å². The van der Waals surface area contributed by atoms with Gasteiger partial charge in [-0.2, -0.15) is 0 Å². The molecule has 1 aliphatic rings. The van der Waals surface area contributed by atoms with E-state index in [4.69, 9.17) is 4.74 Å². The van der Waals surface area contributed by atoms with Gasteiger partial charge >= 0.3 is 0 Å². The molecule has 2 atom stereocenters. The van der Waals surface area contributed by atoms with Gasteiger partial charge < -0.3 is 4.74 Å². The Morgan fingerprint density at radius 3 is 2.79 bits per heavy atom. The van der Waals surface area contributed by atoms with Gasteiger partial charge in [-0.05, 0) is 31.9 Å². The highest BCUT2D eigenvalue weighted by Crippen LogP contribution is 2.26. The minimum absolute atomic E-state index is 0.180. The molecule has 1 N–H and O–H groups in total. The topological polar surface area (TPSA) is 21.3 Å². The molecule has 0 amide bonds. The first-order chi connectivity index (χ1) is 6.66. The van der Waals surface area contributed by atoms with E-state index in [-0.39, 0.29) is 12.3 Å². The number of hydrogen-bond donors (Lipinski definition) is 1. The van der Waals surface area contributed by atoms with E-state index in [1.54, 1.807) is 0 Å². The molecule has 76 valence electrons. The molecular weight excluding hydrogens is 174 g/mol. The van der Waals surface area contributed by atoms with Crippen LogP contribution in [0.5, 0.6) is 0 Å². The van der Waals surface area contributed by atoms with Gasteiger partial charge in [-0.1, -0.05) is 23.8 Å². The summed E-state index contributed by atoms with van der Waals surface area (Å²) in [6, 6.07) is 6.53. The SMILES string of the molecule is Cc1ccc(C)c(C2CNC(C)O2)c1. The van der Waals surface area contributed by atoms with E-state index in [1.807, 2.05) is 6.92 Å². The fourth-order valence-corrected chi connectivity index (χ4v) is 1.91. The first kappa shape index (κ1) is 9.69. The summed E-state index contributed by atoms with van der Waals surface area (Å²) >= 11 is 0. The first-order valence-electron chi connectivity index (χ1n) is 5.13. The summed E-state index contributed by atoms with van der Waals surface area (Å²) in [6.07, 6.45) is 0.407. The van der Waals surface area contributed by atoms with Crippen molar-refractivity contribution >= 4 is 0 Å². The van der Waals surface area contributed by atoms with Crippen LogP contribution in [0.25, 0.3) is 0 Å². The molecule has 1 fully saturated rings. The predicted octanol–water partition coefficient (Wildman–Crippen LogP) is 2.31. The Labute approximate surface area is 85.3 Å². The summed E-state index contributed by atoms with van der Waals surface area (Å²) in [6.45, 7) is 7.23. The van der Waals surface area contributed by atoms with Gasteiger partial charge in [0.05, 0.1) is 6.10 Å². The zero-order valence-electron chi connectivity index (χ0n) is 9.00. The standard InChI is InChI=1S/C12H17NO/c1-8-4-5-9(2)11(6-8)12-7-13-10(3)14-12/h4-6,10,12-13H,7H2,1-3H3. The van der Waals surface area contributed by atoms with Gasteiger partial charge in [0.2, 0.25) is 0 Å². The van der Waals surface area contributed by atoms with Crippen molar-refractivity contribution in [3.05, 3.63) is 34.9 Å². The third kappa shape index (κ3) is 1.81. The van der Waals surface area contributed by atoms with Crippen molar-refractivity contribution in [3.8, 4) is 0 Å². The molecule has 1 aromatic rings. The van der Waals surface area contributed by atoms with Crippen LogP contribution in [0.4, 0.5) is 0 Å². The van der Waals surface area contributed by atoms with Crippen molar-refractivity contribution in [2.24, 2.45) is 0 Å². The highest BCUT2D eigenvalue weighted by Gasteiger charge is 2.23. The summed E-state index contributed by atoms with van der Waals surface area (Å²) < 4.78 is 5.77. The number of ether oxygens (including phenoxy) is 1. The Hall–Kier alpha value is -0.860. The van der Waals surface area contributed by atoms with Gasteiger partial charge in [-0.3, -0.25) is 5.32 Å². The van der Waals surface area contributed by atoms with Gasteiger partial charge in [0.1, 0.15) is 6.23 Å². The second-order valence-corrected chi connectivity index (χ2v) is 4.04. The molecule has 0 aromatic heterocycles. The Kier molecular flexibility index (Phi) is 2.57. The number of rotatable bonds is 1. The van der Waals surface area contributed by atoms with Crippen molar-refractivity contribution in [3.63, 3.8) is 0 Å². The lowest BCUT2D eigenvalue weighted by molar-refractivity contribution is 0.0526. The van der Waals surface area contributed by atoms with Crippen LogP contribution in [0, 0.1) is 13.8 Å². The Balaban J connectivity index is 2.27. The average Bonchev–Trinajstić information content (AvgIpc) is 2.56. The van der Waals surface area contributed by atoms with E-state index in [9.17, 15) is 0 Å². The molecule has 2 unspecified atom stereocenters. The lowest BCUT2D eigenvalue weighted by atomic mass is 10.0. The van der Waals surface area contributed by atoms with Gasteiger partial charge in [0.25, 0.3) is 0 Å². The van der Waals surface area contributed by atoms with Gasteiger partial charge in [-0.25, -0.2) is 0 Å². The number of benzene rings is 1. The smallest absolute Gasteiger partial charge is 0.106 e. The fraction of sp³-hybridized carbons (Fsp3) is 0.500. The van der Waals surface area contributed by atoms with Crippen LogP contribution in [0.15, 0.2) is 18.2 Å². The molecule has 0 saturated carbocycles. The second-order valence-electron chi connectivity index (χ2n) is 4.04. The minimum atomic E-state index is 0.180. The summed E-state index contributed by atoms with van der Waals surface area (Å²) in [7, 11) is 0. The number of nitrogens with one attached hydrogen (secondary N) is 1. The minimum Gasteiger partial charge on any atom is -0.354 e. The van der Waals surface area contributed by atoms with E-state index in [0.717, 1.165) is 6.54 Å². The normalized spacial score (nSPS) is 26.8. The van der Waals surface area contributed by atoms with Crippen LogP contribution >= 0.6 is 0 Å². The maximum absolute atomic E-state index is 5.77. The van der Waals surface area contributed by atoms with E-state index in [0.29, 0.717) is 0 Å². The number of aryl methyl sites for hydroxylation is 2. The van der Waals surface area contributed by atoms with Crippen molar-refractivity contribution in [2.45, 2.75) is 33.1 Å². The fourth-order valence-electron chi connectivity index (χ4n) is 1.91. The van der Waals surface area contributed by atoms with E-state index in [1.165, 1.54) is 16.7 Å². The van der Waals surface area contributed by atoms with Crippen LogP contribution in [0.2, 0.25) is 0 Å². The maximum atomic E-state index is 5.77. The molecule has 0 spiro atoms. The predicted molar refractivity (Wildman–Crippen MR) is 57.2 cm³/mol. The van der Waals surface area contributed by atoms with Gasteiger partial charge in [0.15, 0.2) is 0 Å². The largest absolute Gasteiger partial charge is 0.354 e. The molecule has 2 heteroatoms. The lowest BCUT2D eigenvalue weighted by Crippen LogP contribution is -2.17. The molecule has 0 aliphatic carbocycles. The van der Waals surface area contributed by atoms with E-state index < -0.39 is 0 Å². The average molecular weight is 191 g/mol. The summed E-state index contributed by atoms with van der Waals surface area (Å²) in [4.78, 5) is 0. The molecule has 1 heterocycles. The second kappa shape index (κ2) is 3.71. The molecule has 0 radical (unpaired) electrons. The van der Waals surface area contributed by atoms with Crippen molar-refractivity contribution in [1.29, 1.82) is 0 Å². The Morgan fingerprint density at radius 1 is 1.36 bits per heavy atom. The highest BCUT2D eigenvalue weighted by atomic mass is 16.5. The monoisotopic (exact) mass is 191 g/mol. The molecule has 14 heavy (non-hydrogen) atoms. The third-order valence-corrected chi connectivity index (χ3v) is 2.74. The molecule has 1 aliphatic heterocycles. The molecule has 1 aromatic carbocycles. The zero-order valence-corrected chi connectivity index (χ0v) is 9.00. The molecule has 0 bridgehead atoms. The molecule has 2 rings (SSSR count). The van der Waals surface area contributed by atoms with Crippen molar-refractivity contribution < 1.29 is 4.74 Å². The van der Waals surface area contributed by atoms with E-state index in [2.05, 4.69) is 37.4 Å². The van der Waals surface area contributed by atoms with E-state index >= 15 is 0 Å². The molecule has 1 saturated heterocycles. The van der Waals surface area contributed by atoms with Crippen LogP contribution in [-0.4, -0.2) is 12.8 Å². The maximum Gasteiger partial charge on any atom is 0.106 e. The Bertz CT molecular complexity index is 335. The molecule has 2 nitrogen and oxygen atoms in total. The summed E-state index contributed by atoms with van der Waals surface area (Å²) in [5.74, 6) is 0. The lowest BCUT2D eigenvalue weighted by Gasteiger charge is -2.13. The highest BCUT2D eigenvalue weighted by molar-refractivity contribution is 5.32. The third-order valence-electron chi connectivity index (χ3n) is 2.74. The van der Waals surface area contributed by atoms with Gasteiger partial charge in [-0.15, -0.1) is 0 Å². The van der Waals surface area contributed by atoms with Crippen molar-refractivity contribution in [1.82, 2.24) is 5.32 Å². The zero-order chi connectivity index (χ0) is 10.1. The van der Waals surface area contributed by atoms with Crippen LogP contribution < -0.4 is 5.32 Å². The van der Waals surface area contributed by atoms with Crippen LogP contribution in [0.1, 0.15) is 29.7 Å². The summed E-state index contributed by atoms with van der Waals surface area (Å²) in [5, 5.41) is 3.29. The van der Waals surface area contributed by atoms with Gasteiger partial charge in [0, 0.05) is 6.54 Å².